The SMILES string of the molecule is CN[C@@H]1[C@@H](O[C@H]2O[C@H](CO)[C@@H](N)[C@H](O)[C@H]2O)OC2C[C@@H](N)[C@@H](O[C@H]3[C@H](F)[C@@H](O)[C@H](N)C[C@@H]3N)OC2[C@@H]1O. The number of hydrogen-bond acceptors (Lipinski definition) is 15. The van der Waals surface area contributed by atoms with Gasteiger partial charge in [0.25, 0.3) is 0 Å². The van der Waals surface area contributed by atoms with Gasteiger partial charge in [-0.05, 0) is 19.9 Å². The van der Waals surface area contributed by atoms with Crippen molar-refractivity contribution < 1.29 is 53.6 Å². The third kappa shape index (κ3) is 5.65. The fourth-order valence-electron chi connectivity index (χ4n) is 5.42. The van der Waals surface area contributed by atoms with Crippen molar-refractivity contribution in [3.8, 4) is 0 Å². The van der Waals surface area contributed by atoms with Crippen LogP contribution >= 0.6 is 0 Å². The average Bonchev–Trinajstić information content (AvgIpc) is 2.86. The molecule has 37 heavy (non-hydrogen) atoms. The van der Waals surface area contributed by atoms with E-state index in [4.69, 9.17) is 46.6 Å². The third-order valence-corrected chi connectivity index (χ3v) is 7.70. The number of fused-ring (bicyclic) bond motifs is 1. The molecule has 216 valence electrons. The van der Waals surface area contributed by atoms with Crippen LogP contribution in [-0.4, -0.2) is 143 Å². The summed E-state index contributed by atoms with van der Waals surface area (Å²) in [5.41, 5.74) is 23.8. The van der Waals surface area contributed by atoms with Crippen molar-refractivity contribution in [3.05, 3.63) is 0 Å². The first kappa shape index (κ1) is 29.3. The second-order valence-corrected chi connectivity index (χ2v) is 10.2. The van der Waals surface area contributed by atoms with Gasteiger partial charge in [-0.15, -0.1) is 0 Å². The van der Waals surface area contributed by atoms with E-state index >= 15 is 0 Å². The molecule has 16 heteroatoms. The summed E-state index contributed by atoms with van der Waals surface area (Å²) < 4.78 is 43.7. The lowest BCUT2D eigenvalue weighted by Gasteiger charge is -2.51. The molecule has 0 aromatic carbocycles. The zero-order valence-corrected chi connectivity index (χ0v) is 20.4. The van der Waals surface area contributed by atoms with Crippen LogP contribution in [0.3, 0.4) is 0 Å². The van der Waals surface area contributed by atoms with Crippen LogP contribution in [0.2, 0.25) is 0 Å². The van der Waals surface area contributed by atoms with Crippen LogP contribution in [0.1, 0.15) is 12.8 Å². The Labute approximate surface area is 213 Å². The highest BCUT2D eigenvalue weighted by Gasteiger charge is 2.54. The fraction of sp³-hybridized carbons (Fsp3) is 1.00. The van der Waals surface area contributed by atoms with Gasteiger partial charge in [-0.3, -0.25) is 0 Å². The highest BCUT2D eigenvalue weighted by molar-refractivity contribution is 5.02. The maximum atomic E-state index is 14.8. The number of aliphatic hydroxyl groups is 5. The van der Waals surface area contributed by atoms with E-state index in [1.807, 2.05) is 0 Å². The Kier molecular flexibility index (Phi) is 9.37. The Balaban J connectivity index is 1.43. The highest BCUT2D eigenvalue weighted by Crippen LogP contribution is 2.35. The first-order valence-electron chi connectivity index (χ1n) is 12.4. The van der Waals surface area contributed by atoms with E-state index in [9.17, 15) is 29.9 Å². The number of aliphatic hydroxyl groups excluding tert-OH is 5. The summed E-state index contributed by atoms with van der Waals surface area (Å²) in [5.74, 6) is 0. The zero-order chi connectivity index (χ0) is 27.2. The highest BCUT2D eigenvalue weighted by atomic mass is 19.1. The maximum Gasteiger partial charge on any atom is 0.189 e. The second kappa shape index (κ2) is 11.8. The third-order valence-electron chi connectivity index (χ3n) is 7.70. The molecule has 3 saturated heterocycles. The molecule has 2 unspecified atom stereocenters. The summed E-state index contributed by atoms with van der Waals surface area (Å²) in [7, 11) is 1.54. The van der Waals surface area contributed by atoms with Gasteiger partial charge in [-0.2, -0.15) is 0 Å². The Bertz CT molecular complexity index is 761. The smallest absolute Gasteiger partial charge is 0.189 e. The Morgan fingerprint density at radius 2 is 1.51 bits per heavy atom. The molecule has 0 aromatic heterocycles. The largest absolute Gasteiger partial charge is 0.394 e. The average molecular weight is 542 g/mol. The van der Waals surface area contributed by atoms with Crippen molar-refractivity contribution in [1.29, 1.82) is 0 Å². The van der Waals surface area contributed by atoms with Crippen LogP contribution in [0.15, 0.2) is 0 Å². The summed E-state index contributed by atoms with van der Waals surface area (Å²) in [6.07, 6.45) is -15.0. The molecule has 0 aromatic rings. The van der Waals surface area contributed by atoms with E-state index in [1.165, 1.54) is 7.05 Å². The number of ether oxygens (including phenoxy) is 5. The quantitative estimate of drug-likeness (QED) is 0.150. The van der Waals surface area contributed by atoms with Crippen molar-refractivity contribution in [2.75, 3.05) is 13.7 Å². The number of halogens is 1. The topological polar surface area (TPSA) is 263 Å². The van der Waals surface area contributed by atoms with Gasteiger partial charge >= 0.3 is 0 Å². The number of alkyl halides is 1. The summed E-state index contributed by atoms with van der Waals surface area (Å²) in [5, 5.41) is 54.1. The first-order chi connectivity index (χ1) is 17.5. The number of likely N-dealkylation sites (N-methyl/N-ethyl adjacent to an activating group) is 1. The lowest BCUT2D eigenvalue weighted by molar-refractivity contribution is -0.372. The van der Waals surface area contributed by atoms with E-state index in [-0.39, 0.29) is 12.8 Å². The van der Waals surface area contributed by atoms with Crippen LogP contribution in [0.4, 0.5) is 4.39 Å². The molecule has 15 nitrogen and oxygen atoms in total. The van der Waals surface area contributed by atoms with Crippen molar-refractivity contribution in [3.63, 3.8) is 0 Å². The molecular weight excluding hydrogens is 501 g/mol. The van der Waals surface area contributed by atoms with Gasteiger partial charge in [-0.25, -0.2) is 4.39 Å². The standard InChI is InChI=1S/C21H40FN5O10/c1-27-12-15(31)18-8(33-20(12)37-21-16(32)14(30)11(26)9(4-28)34-21)3-7(25)19(36-18)35-17-6(24)2-5(23)13(29)10(17)22/h5-21,27-32H,2-4,23-26H2,1H3/t5-,6+,7-,8?,9-,10-,11-,12+,13+,14+,15-,16-,17-,18?,19+,20-,21-/m1/s1. The monoisotopic (exact) mass is 541 g/mol. The zero-order valence-electron chi connectivity index (χ0n) is 20.4. The number of hydrogen-bond donors (Lipinski definition) is 10. The molecule has 0 spiro atoms. The molecule has 0 bridgehead atoms. The summed E-state index contributed by atoms with van der Waals surface area (Å²) in [4.78, 5) is 0. The van der Waals surface area contributed by atoms with Gasteiger partial charge in [0.15, 0.2) is 25.0 Å². The molecule has 4 aliphatic rings. The van der Waals surface area contributed by atoms with Gasteiger partial charge in [0.1, 0.15) is 42.7 Å². The van der Waals surface area contributed by atoms with Crippen molar-refractivity contribution in [2.24, 2.45) is 22.9 Å². The summed E-state index contributed by atoms with van der Waals surface area (Å²) >= 11 is 0. The van der Waals surface area contributed by atoms with E-state index in [0.29, 0.717) is 0 Å². The number of nitrogens with one attached hydrogen (secondary N) is 1. The minimum atomic E-state index is -1.85. The Morgan fingerprint density at radius 1 is 0.811 bits per heavy atom. The minimum absolute atomic E-state index is 0.116. The lowest BCUT2D eigenvalue weighted by atomic mass is 9.85. The molecule has 17 atom stereocenters. The van der Waals surface area contributed by atoms with E-state index < -0.39 is 111 Å². The number of rotatable bonds is 6. The number of nitrogens with two attached hydrogens (primary N) is 4. The molecule has 3 aliphatic heterocycles. The van der Waals surface area contributed by atoms with Crippen LogP contribution in [0, 0.1) is 0 Å². The van der Waals surface area contributed by atoms with Crippen LogP contribution < -0.4 is 28.3 Å². The summed E-state index contributed by atoms with van der Waals surface area (Å²) in [6, 6.07) is -4.39. The molecule has 1 saturated carbocycles. The first-order valence-corrected chi connectivity index (χ1v) is 12.4. The van der Waals surface area contributed by atoms with Crippen LogP contribution in [-0.2, 0) is 23.7 Å². The molecule has 1 aliphatic carbocycles. The van der Waals surface area contributed by atoms with Gasteiger partial charge in [0, 0.05) is 12.1 Å². The molecule has 0 radical (unpaired) electrons. The van der Waals surface area contributed by atoms with Crippen molar-refractivity contribution >= 4 is 0 Å². The van der Waals surface area contributed by atoms with E-state index in [2.05, 4.69) is 5.32 Å². The second-order valence-electron chi connectivity index (χ2n) is 10.2. The molecule has 4 fully saturated rings. The molecule has 14 N–H and O–H groups in total. The van der Waals surface area contributed by atoms with Gasteiger partial charge in [0.2, 0.25) is 0 Å². The predicted molar refractivity (Wildman–Crippen MR) is 122 cm³/mol. The van der Waals surface area contributed by atoms with Gasteiger partial charge in [-0.1, -0.05) is 0 Å². The Morgan fingerprint density at radius 3 is 2.16 bits per heavy atom. The van der Waals surface area contributed by atoms with E-state index in [0.717, 1.165) is 0 Å². The van der Waals surface area contributed by atoms with Gasteiger partial charge in [0.05, 0.1) is 30.8 Å². The normalized spacial score (nSPS) is 55.1. The molecule has 3 heterocycles. The fourth-order valence-corrected chi connectivity index (χ4v) is 5.42. The molecule has 4 rings (SSSR count). The molecule has 0 amide bonds. The van der Waals surface area contributed by atoms with Gasteiger partial charge < -0.3 is 77.5 Å². The molecular formula is C21H40FN5O10. The van der Waals surface area contributed by atoms with Crippen LogP contribution in [0.25, 0.3) is 0 Å². The maximum absolute atomic E-state index is 14.8. The minimum Gasteiger partial charge on any atom is -0.394 e. The Hall–Kier alpha value is -0.670. The van der Waals surface area contributed by atoms with E-state index in [1.54, 1.807) is 0 Å². The predicted octanol–water partition coefficient (Wildman–Crippen LogP) is -5.97. The van der Waals surface area contributed by atoms with Crippen molar-refractivity contribution in [1.82, 2.24) is 5.32 Å². The summed E-state index contributed by atoms with van der Waals surface area (Å²) in [6.45, 7) is -0.517. The van der Waals surface area contributed by atoms with Crippen LogP contribution in [0.5, 0.6) is 0 Å². The lowest BCUT2D eigenvalue weighted by Crippen LogP contribution is -2.70. The van der Waals surface area contributed by atoms with Crippen molar-refractivity contribution in [2.45, 2.75) is 117 Å².